The summed E-state index contributed by atoms with van der Waals surface area (Å²) in [6.45, 7) is -0.0139. The third-order valence-corrected chi connectivity index (χ3v) is 5.62. The third kappa shape index (κ3) is 11.8. The molecule has 3 aromatic rings. The average molecular weight is 548 g/mol. The largest absolute Gasteiger partial charge is 0.464 e. The van der Waals surface area contributed by atoms with Crippen molar-refractivity contribution in [2.75, 3.05) is 6.61 Å². The van der Waals surface area contributed by atoms with Gasteiger partial charge < -0.3 is 24.3 Å². The Balaban J connectivity index is 1.41. The lowest BCUT2D eigenvalue weighted by Gasteiger charge is -2.17. The van der Waals surface area contributed by atoms with Crippen LogP contribution in [0.2, 0.25) is 0 Å². The molecule has 9 nitrogen and oxygen atoms in total. The summed E-state index contributed by atoms with van der Waals surface area (Å²) >= 11 is 0. The minimum absolute atomic E-state index is 0.0139. The number of amides is 1. The van der Waals surface area contributed by atoms with Crippen LogP contribution < -0.4 is 19.5 Å². The molecular formula is C31H33NO8. The van der Waals surface area contributed by atoms with Crippen LogP contribution in [0, 0.1) is 0 Å². The zero-order valence-electron chi connectivity index (χ0n) is 22.2. The van der Waals surface area contributed by atoms with Crippen LogP contribution in [0.4, 0.5) is 4.79 Å². The summed E-state index contributed by atoms with van der Waals surface area (Å²) in [6, 6.07) is 25.0. The number of nitrogens with one attached hydrogen (secondary N) is 1. The van der Waals surface area contributed by atoms with Crippen molar-refractivity contribution >= 4 is 24.0 Å². The molecule has 3 aromatic carbocycles. The monoisotopic (exact) mass is 547 g/mol. The summed E-state index contributed by atoms with van der Waals surface area (Å²) in [6.07, 6.45) is 1.80. The van der Waals surface area contributed by atoms with E-state index in [-0.39, 0.29) is 38.3 Å². The fourth-order valence-corrected chi connectivity index (χ4v) is 3.64. The quantitative estimate of drug-likeness (QED) is 0.148. The maximum atomic E-state index is 12.8. The molecule has 1 atom stereocenters. The molecule has 40 heavy (non-hydrogen) atoms. The highest BCUT2D eigenvalue weighted by molar-refractivity contribution is 5.82. The summed E-state index contributed by atoms with van der Waals surface area (Å²) in [7, 11) is 0. The molecule has 1 unspecified atom stereocenters. The Morgan fingerprint density at radius 3 is 1.57 bits per heavy atom. The van der Waals surface area contributed by atoms with Gasteiger partial charge in [0.25, 0.3) is 0 Å². The normalized spacial score (nSPS) is 11.1. The van der Waals surface area contributed by atoms with Crippen LogP contribution >= 0.6 is 0 Å². The van der Waals surface area contributed by atoms with E-state index in [0.29, 0.717) is 36.5 Å². The second kappa shape index (κ2) is 17.0. The van der Waals surface area contributed by atoms with E-state index in [9.17, 15) is 19.2 Å². The molecular weight excluding hydrogens is 514 g/mol. The zero-order chi connectivity index (χ0) is 28.4. The molecule has 0 aromatic heterocycles. The molecule has 0 bridgehead atoms. The second-order valence-electron chi connectivity index (χ2n) is 8.84. The summed E-state index contributed by atoms with van der Waals surface area (Å²) < 4.78 is 21.1. The first-order valence-corrected chi connectivity index (χ1v) is 13.2. The zero-order valence-corrected chi connectivity index (χ0v) is 22.2. The first kappa shape index (κ1) is 29.9. The minimum atomic E-state index is -0.955. The maximum absolute atomic E-state index is 12.8. The Labute approximate surface area is 233 Å². The molecule has 0 spiro atoms. The SMILES string of the molecule is O=C(CCCCCC(NC(=O)Oc1ccccc1)C(=O)OCCCC(=O)Oc1ccccc1)Oc1ccccc1. The number of unbranched alkanes of at least 4 members (excludes halogenated alkanes) is 2. The van der Waals surface area contributed by atoms with Gasteiger partial charge in [-0.25, -0.2) is 9.59 Å². The number of ether oxygens (including phenoxy) is 4. The van der Waals surface area contributed by atoms with Crippen LogP contribution in [-0.2, 0) is 19.1 Å². The molecule has 0 aliphatic carbocycles. The third-order valence-electron chi connectivity index (χ3n) is 5.62. The van der Waals surface area contributed by atoms with Gasteiger partial charge in [-0.1, -0.05) is 67.4 Å². The molecule has 0 heterocycles. The summed E-state index contributed by atoms with van der Waals surface area (Å²) in [5.41, 5.74) is 0. The van der Waals surface area contributed by atoms with Crippen LogP contribution in [-0.4, -0.2) is 36.6 Å². The minimum Gasteiger partial charge on any atom is -0.464 e. The van der Waals surface area contributed by atoms with Crippen LogP contribution in [0.5, 0.6) is 17.2 Å². The van der Waals surface area contributed by atoms with Gasteiger partial charge in [0.1, 0.15) is 23.3 Å². The van der Waals surface area contributed by atoms with Crippen LogP contribution in [0.15, 0.2) is 91.0 Å². The van der Waals surface area contributed by atoms with Crippen molar-refractivity contribution in [2.45, 2.75) is 51.0 Å². The lowest BCUT2D eigenvalue weighted by molar-refractivity contribution is -0.147. The lowest BCUT2D eigenvalue weighted by Crippen LogP contribution is -2.43. The van der Waals surface area contributed by atoms with E-state index in [1.165, 1.54) is 0 Å². The van der Waals surface area contributed by atoms with Gasteiger partial charge in [0, 0.05) is 12.8 Å². The number of rotatable bonds is 15. The Morgan fingerprint density at radius 1 is 0.575 bits per heavy atom. The molecule has 0 saturated heterocycles. The van der Waals surface area contributed by atoms with E-state index >= 15 is 0 Å². The van der Waals surface area contributed by atoms with Crippen molar-refractivity contribution in [3.05, 3.63) is 91.0 Å². The van der Waals surface area contributed by atoms with Gasteiger partial charge in [-0.05, 0) is 55.7 Å². The first-order valence-electron chi connectivity index (χ1n) is 13.2. The van der Waals surface area contributed by atoms with Crippen molar-refractivity contribution in [1.82, 2.24) is 5.32 Å². The number of carbonyl (C=O) groups excluding carboxylic acids is 4. The number of hydrogen-bond donors (Lipinski definition) is 1. The van der Waals surface area contributed by atoms with E-state index in [1.807, 2.05) is 12.1 Å². The Morgan fingerprint density at radius 2 is 1.05 bits per heavy atom. The smallest absolute Gasteiger partial charge is 0.413 e. The van der Waals surface area contributed by atoms with Crippen LogP contribution in [0.1, 0.15) is 44.9 Å². The van der Waals surface area contributed by atoms with E-state index in [2.05, 4.69) is 5.32 Å². The van der Waals surface area contributed by atoms with Gasteiger partial charge in [-0.2, -0.15) is 0 Å². The van der Waals surface area contributed by atoms with Crippen molar-refractivity contribution in [2.24, 2.45) is 0 Å². The molecule has 3 rings (SSSR count). The average Bonchev–Trinajstić information content (AvgIpc) is 2.96. The summed E-state index contributed by atoms with van der Waals surface area (Å²) in [4.78, 5) is 49.2. The van der Waals surface area contributed by atoms with Gasteiger partial charge in [0.2, 0.25) is 0 Å². The molecule has 0 fully saturated rings. The number of hydrogen-bond acceptors (Lipinski definition) is 8. The van der Waals surface area contributed by atoms with Crippen LogP contribution in [0.25, 0.3) is 0 Å². The van der Waals surface area contributed by atoms with Gasteiger partial charge in [0.15, 0.2) is 0 Å². The van der Waals surface area contributed by atoms with Crippen molar-refractivity contribution in [1.29, 1.82) is 0 Å². The molecule has 9 heteroatoms. The summed E-state index contributed by atoms with van der Waals surface area (Å²) in [5, 5.41) is 2.56. The summed E-state index contributed by atoms with van der Waals surface area (Å²) in [5.74, 6) is -0.138. The van der Waals surface area contributed by atoms with E-state index in [1.54, 1.807) is 78.9 Å². The molecule has 0 aliphatic rings. The number of para-hydroxylation sites is 3. The standard InChI is InChI=1S/C31H33NO8/c33-28(38-24-14-5-1-6-15-24)21-12-4-11-20-27(32-31(36)40-26-18-9-3-10-19-26)30(35)37-23-13-22-29(34)39-25-16-7-2-8-17-25/h1-3,5-10,14-19,27H,4,11-13,20-23H2,(H,32,36). The molecule has 0 saturated carbocycles. The highest BCUT2D eigenvalue weighted by atomic mass is 16.6. The van der Waals surface area contributed by atoms with Crippen molar-refractivity contribution in [3.8, 4) is 17.2 Å². The fourth-order valence-electron chi connectivity index (χ4n) is 3.64. The number of esters is 3. The highest BCUT2D eigenvalue weighted by Crippen LogP contribution is 2.14. The van der Waals surface area contributed by atoms with E-state index in [4.69, 9.17) is 18.9 Å². The Kier molecular flexibility index (Phi) is 12.7. The molecule has 1 amide bonds. The molecule has 0 radical (unpaired) electrons. The highest BCUT2D eigenvalue weighted by Gasteiger charge is 2.23. The molecule has 210 valence electrons. The van der Waals surface area contributed by atoms with Crippen LogP contribution in [0.3, 0.4) is 0 Å². The van der Waals surface area contributed by atoms with Crippen molar-refractivity contribution < 1.29 is 38.1 Å². The topological polar surface area (TPSA) is 117 Å². The maximum Gasteiger partial charge on any atom is 0.413 e. The Hall–Kier alpha value is -4.66. The predicted molar refractivity (Wildman–Crippen MR) is 147 cm³/mol. The van der Waals surface area contributed by atoms with Gasteiger partial charge >= 0.3 is 24.0 Å². The predicted octanol–water partition coefficient (Wildman–Crippen LogP) is 5.63. The van der Waals surface area contributed by atoms with E-state index < -0.39 is 24.1 Å². The number of benzene rings is 3. The first-order chi connectivity index (χ1) is 19.5. The number of carbonyl (C=O) groups is 4. The van der Waals surface area contributed by atoms with Gasteiger partial charge in [-0.3, -0.25) is 9.59 Å². The Bertz CT molecular complexity index is 1200. The molecule has 0 aliphatic heterocycles. The van der Waals surface area contributed by atoms with Crippen molar-refractivity contribution in [3.63, 3.8) is 0 Å². The molecule has 1 N–H and O–H groups in total. The van der Waals surface area contributed by atoms with Gasteiger partial charge in [-0.15, -0.1) is 0 Å². The fraction of sp³-hybridized carbons (Fsp3) is 0.290. The van der Waals surface area contributed by atoms with Gasteiger partial charge in [0.05, 0.1) is 6.61 Å². The van der Waals surface area contributed by atoms with E-state index in [0.717, 1.165) is 0 Å². The second-order valence-corrected chi connectivity index (χ2v) is 8.84. The lowest BCUT2D eigenvalue weighted by atomic mass is 10.1.